The first-order valence-corrected chi connectivity index (χ1v) is 6.01. The second-order valence-electron chi connectivity index (χ2n) is 3.83. The summed E-state index contributed by atoms with van der Waals surface area (Å²) in [5.74, 6) is 1.08. The number of carbonyl (C=O) groups is 1. The summed E-state index contributed by atoms with van der Waals surface area (Å²) in [5, 5.41) is 2.80. The summed E-state index contributed by atoms with van der Waals surface area (Å²) in [6.45, 7) is 3.66. The molecule has 0 aliphatic carbocycles. The molecular formula is C12H16BrNO3. The summed E-state index contributed by atoms with van der Waals surface area (Å²) in [7, 11) is 3.12. The van der Waals surface area contributed by atoms with Gasteiger partial charge in [-0.2, -0.15) is 0 Å². The van der Waals surface area contributed by atoms with Gasteiger partial charge in [0.2, 0.25) is 5.91 Å². The molecule has 4 nitrogen and oxygen atoms in total. The molecule has 0 aliphatic heterocycles. The molecule has 0 bridgehead atoms. The fourth-order valence-electron chi connectivity index (χ4n) is 1.24. The van der Waals surface area contributed by atoms with Crippen molar-refractivity contribution in [2.75, 3.05) is 19.5 Å². The zero-order valence-electron chi connectivity index (χ0n) is 10.3. The Kier molecular flexibility index (Phi) is 4.81. The molecule has 0 atom stereocenters. The van der Waals surface area contributed by atoms with Crippen molar-refractivity contribution in [2.24, 2.45) is 5.92 Å². The summed E-state index contributed by atoms with van der Waals surface area (Å²) in [5.41, 5.74) is 0.603. The lowest BCUT2D eigenvalue weighted by Gasteiger charge is -2.14. The number of methoxy groups -OCH3 is 2. The van der Waals surface area contributed by atoms with Gasteiger partial charge >= 0.3 is 0 Å². The van der Waals surface area contributed by atoms with E-state index in [9.17, 15) is 4.79 Å². The topological polar surface area (TPSA) is 47.6 Å². The summed E-state index contributed by atoms with van der Waals surface area (Å²) in [6.07, 6.45) is 0. The Morgan fingerprint density at radius 2 is 1.82 bits per heavy atom. The van der Waals surface area contributed by atoms with Crippen LogP contribution in [0.25, 0.3) is 0 Å². The number of anilines is 1. The summed E-state index contributed by atoms with van der Waals surface area (Å²) in [4.78, 5) is 11.6. The van der Waals surface area contributed by atoms with E-state index in [1.165, 1.54) is 0 Å². The first-order chi connectivity index (χ1) is 7.99. The van der Waals surface area contributed by atoms with Crippen LogP contribution < -0.4 is 14.8 Å². The SMILES string of the molecule is COc1cc(NC(=O)C(C)C)c(OC)cc1Br. The molecule has 5 heteroatoms. The number of nitrogens with one attached hydrogen (secondary N) is 1. The van der Waals surface area contributed by atoms with Gasteiger partial charge in [0, 0.05) is 18.1 Å². The Morgan fingerprint density at radius 1 is 1.24 bits per heavy atom. The van der Waals surface area contributed by atoms with Crippen LogP contribution in [0.3, 0.4) is 0 Å². The van der Waals surface area contributed by atoms with Crippen LogP contribution in [0.2, 0.25) is 0 Å². The number of hydrogen-bond acceptors (Lipinski definition) is 3. The van der Waals surface area contributed by atoms with E-state index in [0.717, 1.165) is 4.47 Å². The molecular weight excluding hydrogens is 286 g/mol. The lowest BCUT2D eigenvalue weighted by atomic mass is 10.2. The van der Waals surface area contributed by atoms with E-state index in [2.05, 4.69) is 21.2 Å². The molecule has 0 spiro atoms. The highest BCUT2D eigenvalue weighted by Crippen LogP contribution is 2.36. The minimum absolute atomic E-state index is 0.0623. The van der Waals surface area contributed by atoms with Crippen molar-refractivity contribution in [3.05, 3.63) is 16.6 Å². The molecule has 17 heavy (non-hydrogen) atoms. The predicted molar refractivity (Wildman–Crippen MR) is 70.7 cm³/mol. The van der Waals surface area contributed by atoms with E-state index >= 15 is 0 Å². The van der Waals surface area contributed by atoms with Gasteiger partial charge in [0.05, 0.1) is 24.4 Å². The van der Waals surface area contributed by atoms with Crippen LogP contribution in [-0.2, 0) is 4.79 Å². The summed E-state index contributed by atoms with van der Waals surface area (Å²) >= 11 is 3.36. The number of benzene rings is 1. The van der Waals surface area contributed by atoms with Gasteiger partial charge < -0.3 is 14.8 Å². The summed E-state index contributed by atoms with van der Waals surface area (Å²) in [6, 6.07) is 3.48. The van der Waals surface area contributed by atoms with Gasteiger partial charge in [-0.25, -0.2) is 0 Å². The smallest absolute Gasteiger partial charge is 0.227 e. The van der Waals surface area contributed by atoms with Gasteiger partial charge in [-0.1, -0.05) is 13.8 Å². The quantitative estimate of drug-likeness (QED) is 0.930. The molecule has 1 aromatic carbocycles. The van der Waals surface area contributed by atoms with E-state index in [0.29, 0.717) is 17.2 Å². The van der Waals surface area contributed by atoms with E-state index in [1.807, 2.05) is 13.8 Å². The van der Waals surface area contributed by atoms with Crippen molar-refractivity contribution in [3.63, 3.8) is 0 Å². The number of carbonyl (C=O) groups excluding carboxylic acids is 1. The van der Waals surface area contributed by atoms with E-state index in [4.69, 9.17) is 9.47 Å². The van der Waals surface area contributed by atoms with Gasteiger partial charge in [-0.05, 0) is 15.9 Å². The van der Waals surface area contributed by atoms with Crippen molar-refractivity contribution in [2.45, 2.75) is 13.8 Å². The van der Waals surface area contributed by atoms with Crippen molar-refractivity contribution in [1.29, 1.82) is 0 Å². The molecule has 1 N–H and O–H groups in total. The summed E-state index contributed by atoms with van der Waals surface area (Å²) < 4.78 is 11.2. The van der Waals surface area contributed by atoms with Crippen LogP contribution in [0.1, 0.15) is 13.8 Å². The van der Waals surface area contributed by atoms with Crippen LogP contribution in [-0.4, -0.2) is 20.1 Å². The third kappa shape index (κ3) is 3.36. The first kappa shape index (κ1) is 13.8. The molecule has 0 unspecified atom stereocenters. The predicted octanol–water partition coefficient (Wildman–Crippen LogP) is 3.06. The molecule has 94 valence electrons. The Bertz CT molecular complexity index is 418. The van der Waals surface area contributed by atoms with Crippen molar-refractivity contribution in [1.82, 2.24) is 0 Å². The minimum Gasteiger partial charge on any atom is -0.495 e. The maximum atomic E-state index is 11.6. The van der Waals surface area contributed by atoms with Crippen LogP contribution in [0.5, 0.6) is 11.5 Å². The molecule has 1 rings (SSSR count). The average Bonchev–Trinajstić information content (AvgIpc) is 2.30. The van der Waals surface area contributed by atoms with Gasteiger partial charge in [0.25, 0.3) is 0 Å². The number of hydrogen-bond donors (Lipinski definition) is 1. The lowest BCUT2D eigenvalue weighted by molar-refractivity contribution is -0.118. The standard InChI is InChI=1S/C12H16BrNO3/c1-7(2)12(15)14-9-6-10(16-3)8(13)5-11(9)17-4/h5-7H,1-4H3,(H,14,15). The fourth-order valence-corrected chi connectivity index (χ4v) is 1.72. The van der Waals surface area contributed by atoms with E-state index < -0.39 is 0 Å². The third-order valence-corrected chi connectivity index (χ3v) is 2.88. The number of amides is 1. The molecule has 1 amide bonds. The molecule has 0 radical (unpaired) electrons. The Balaban J connectivity index is 3.08. The fraction of sp³-hybridized carbons (Fsp3) is 0.417. The van der Waals surface area contributed by atoms with Gasteiger partial charge in [-0.15, -0.1) is 0 Å². The Labute approximate surface area is 109 Å². The normalized spacial score (nSPS) is 10.2. The zero-order chi connectivity index (χ0) is 13.0. The number of ether oxygens (including phenoxy) is 2. The van der Waals surface area contributed by atoms with Crippen molar-refractivity contribution >= 4 is 27.5 Å². The average molecular weight is 302 g/mol. The van der Waals surface area contributed by atoms with Crippen LogP contribution >= 0.6 is 15.9 Å². The second-order valence-corrected chi connectivity index (χ2v) is 4.69. The van der Waals surface area contributed by atoms with Crippen LogP contribution in [0, 0.1) is 5.92 Å². The third-order valence-electron chi connectivity index (χ3n) is 2.26. The molecule has 0 aliphatic rings. The highest BCUT2D eigenvalue weighted by atomic mass is 79.9. The minimum atomic E-state index is -0.0886. The maximum absolute atomic E-state index is 11.6. The molecule has 0 saturated carbocycles. The van der Waals surface area contributed by atoms with Crippen LogP contribution in [0.4, 0.5) is 5.69 Å². The largest absolute Gasteiger partial charge is 0.495 e. The molecule has 0 heterocycles. The maximum Gasteiger partial charge on any atom is 0.227 e. The first-order valence-electron chi connectivity index (χ1n) is 5.22. The van der Waals surface area contributed by atoms with E-state index in [-0.39, 0.29) is 11.8 Å². The number of rotatable bonds is 4. The number of halogens is 1. The van der Waals surface area contributed by atoms with Gasteiger partial charge in [-0.3, -0.25) is 4.79 Å². The molecule has 0 fully saturated rings. The highest BCUT2D eigenvalue weighted by molar-refractivity contribution is 9.10. The van der Waals surface area contributed by atoms with Crippen molar-refractivity contribution < 1.29 is 14.3 Å². The highest BCUT2D eigenvalue weighted by Gasteiger charge is 2.13. The molecule has 0 saturated heterocycles. The Morgan fingerprint density at radius 3 is 2.29 bits per heavy atom. The van der Waals surface area contributed by atoms with Gasteiger partial charge in [0.15, 0.2) is 0 Å². The van der Waals surface area contributed by atoms with Crippen molar-refractivity contribution in [3.8, 4) is 11.5 Å². The Hall–Kier alpha value is -1.23. The molecule has 0 aromatic heterocycles. The zero-order valence-corrected chi connectivity index (χ0v) is 11.9. The van der Waals surface area contributed by atoms with E-state index in [1.54, 1.807) is 26.4 Å². The van der Waals surface area contributed by atoms with Crippen LogP contribution in [0.15, 0.2) is 16.6 Å². The monoisotopic (exact) mass is 301 g/mol. The second kappa shape index (κ2) is 5.91. The van der Waals surface area contributed by atoms with Gasteiger partial charge in [0.1, 0.15) is 11.5 Å². The lowest BCUT2D eigenvalue weighted by Crippen LogP contribution is -2.18. The molecule has 1 aromatic rings.